The fourth-order valence-corrected chi connectivity index (χ4v) is 2.52. The normalized spacial score (nSPS) is 12.7. The first-order valence-corrected chi connectivity index (χ1v) is 6.25. The van der Waals surface area contributed by atoms with Crippen LogP contribution >= 0.6 is 0 Å². The second-order valence-electron chi connectivity index (χ2n) is 4.58. The van der Waals surface area contributed by atoms with E-state index in [9.17, 15) is 0 Å². The van der Waals surface area contributed by atoms with Gasteiger partial charge in [0.1, 0.15) is 0 Å². The second kappa shape index (κ2) is 4.58. The highest BCUT2D eigenvalue weighted by Crippen LogP contribution is 2.24. The summed E-state index contributed by atoms with van der Waals surface area (Å²) in [6.45, 7) is 0. The summed E-state index contributed by atoms with van der Waals surface area (Å²) in [7, 11) is 0. The van der Waals surface area contributed by atoms with Crippen LogP contribution in [0.3, 0.4) is 0 Å². The number of rotatable bonds is 3. The Morgan fingerprint density at radius 1 is 0.824 bits per heavy atom. The largest absolute Gasteiger partial charge is 0.0795 e. The molecule has 2 aromatic rings. The number of fused-ring (bicyclic) bond motifs is 1. The Balaban J connectivity index is 1.77. The van der Waals surface area contributed by atoms with Crippen molar-refractivity contribution in [1.82, 2.24) is 0 Å². The molecule has 0 atom stereocenters. The maximum absolute atomic E-state index is 2.27. The number of allylic oxidation sites excluding steroid dienone is 1. The third-order valence-electron chi connectivity index (χ3n) is 3.45. The van der Waals surface area contributed by atoms with Crippen LogP contribution in [0.2, 0.25) is 0 Å². The minimum Gasteiger partial charge on any atom is -0.0795 e. The van der Waals surface area contributed by atoms with E-state index in [1.54, 1.807) is 0 Å². The summed E-state index contributed by atoms with van der Waals surface area (Å²) in [5.41, 5.74) is 5.88. The first kappa shape index (κ1) is 10.3. The van der Waals surface area contributed by atoms with Crippen LogP contribution in [-0.2, 0) is 19.3 Å². The van der Waals surface area contributed by atoms with Gasteiger partial charge in [0, 0.05) is 0 Å². The molecular weight excluding hydrogens is 204 g/mol. The Bertz CT molecular complexity index is 535. The van der Waals surface area contributed by atoms with Crippen molar-refractivity contribution >= 4 is 6.08 Å². The molecule has 0 amide bonds. The van der Waals surface area contributed by atoms with E-state index in [-0.39, 0.29) is 0 Å². The quantitative estimate of drug-likeness (QED) is 0.732. The van der Waals surface area contributed by atoms with E-state index >= 15 is 0 Å². The fraction of sp³-hybridized carbons (Fsp3) is 0.176. The van der Waals surface area contributed by atoms with Gasteiger partial charge in [-0.15, -0.1) is 0 Å². The van der Waals surface area contributed by atoms with Crippen LogP contribution in [0.4, 0.5) is 0 Å². The van der Waals surface area contributed by atoms with Gasteiger partial charge in [-0.3, -0.25) is 0 Å². The van der Waals surface area contributed by atoms with Gasteiger partial charge in [0.15, 0.2) is 0 Å². The highest BCUT2D eigenvalue weighted by atomic mass is 14.1. The van der Waals surface area contributed by atoms with E-state index in [0.717, 1.165) is 19.3 Å². The van der Waals surface area contributed by atoms with Crippen LogP contribution in [0.25, 0.3) is 6.08 Å². The number of hydrogen-bond donors (Lipinski definition) is 0. The standard InChI is InChI=1S/C17H16/c1-2-6-14(7-3-1)12-13-16-9-4-8-15-10-5-11-17(15)16/h1-10H,11-13H2. The van der Waals surface area contributed by atoms with Crippen LogP contribution in [0.15, 0.2) is 54.6 Å². The van der Waals surface area contributed by atoms with Gasteiger partial charge in [0.25, 0.3) is 0 Å². The molecule has 0 nitrogen and oxygen atoms in total. The minimum absolute atomic E-state index is 1.11. The molecule has 0 aromatic heterocycles. The molecule has 0 heteroatoms. The Morgan fingerprint density at radius 2 is 1.71 bits per heavy atom. The maximum Gasteiger partial charge on any atom is -0.00854 e. The monoisotopic (exact) mass is 220 g/mol. The van der Waals surface area contributed by atoms with E-state index in [1.807, 2.05) is 0 Å². The van der Waals surface area contributed by atoms with Gasteiger partial charge < -0.3 is 0 Å². The molecule has 0 heterocycles. The lowest BCUT2D eigenvalue weighted by Gasteiger charge is -2.08. The van der Waals surface area contributed by atoms with Crippen LogP contribution < -0.4 is 0 Å². The summed E-state index contributed by atoms with van der Waals surface area (Å²) < 4.78 is 0. The molecular formula is C17H16. The summed E-state index contributed by atoms with van der Waals surface area (Å²) in [4.78, 5) is 0. The Kier molecular flexibility index (Phi) is 2.79. The van der Waals surface area contributed by atoms with Gasteiger partial charge in [-0.2, -0.15) is 0 Å². The zero-order chi connectivity index (χ0) is 11.5. The Hall–Kier alpha value is -1.82. The smallest absolute Gasteiger partial charge is 0.00854 e. The molecule has 0 fully saturated rings. The first-order chi connectivity index (χ1) is 8.43. The molecule has 84 valence electrons. The van der Waals surface area contributed by atoms with Gasteiger partial charge >= 0.3 is 0 Å². The van der Waals surface area contributed by atoms with E-state index in [4.69, 9.17) is 0 Å². The predicted octanol–water partition coefficient (Wildman–Crippen LogP) is 4.04. The van der Waals surface area contributed by atoms with Crippen molar-refractivity contribution in [3.05, 3.63) is 76.9 Å². The van der Waals surface area contributed by atoms with Crippen LogP contribution in [0, 0.1) is 0 Å². The van der Waals surface area contributed by atoms with Gasteiger partial charge in [0.2, 0.25) is 0 Å². The molecule has 0 N–H and O–H groups in total. The first-order valence-electron chi connectivity index (χ1n) is 6.25. The van der Waals surface area contributed by atoms with E-state index in [1.165, 1.54) is 22.3 Å². The second-order valence-corrected chi connectivity index (χ2v) is 4.58. The van der Waals surface area contributed by atoms with Crippen molar-refractivity contribution < 1.29 is 0 Å². The highest BCUT2D eigenvalue weighted by molar-refractivity contribution is 5.61. The summed E-state index contributed by atoms with van der Waals surface area (Å²) in [6.07, 6.45) is 7.89. The molecule has 1 aliphatic rings. The van der Waals surface area contributed by atoms with Crippen molar-refractivity contribution in [2.24, 2.45) is 0 Å². The van der Waals surface area contributed by atoms with Crippen molar-refractivity contribution in [2.75, 3.05) is 0 Å². The predicted molar refractivity (Wildman–Crippen MR) is 73.0 cm³/mol. The third kappa shape index (κ3) is 2.16. The molecule has 2 aromatic carbocycles. The topological polar surface area (TPSA) is 0 Å². The van der Waals surface area contributed by atoms with Crippen molar-refractivity contribution in [2.45, 2.75) is 19.3 Å². The lowest BCUT2D eigenvalue weighted by molar-refractivity contribution is 0.943. The average molecular weight is 220 g/mol. The van der Waals surface area contributed by atoms with Gasteiger partial charge in [0.05, 0.1) is 0 Å². The van der Waals surface area contributed by atoms with E-state index in [2.05, 4.69) is 60.7 Å². The minimum atomic E-state index is 1.11. The van der Waals surface area contributed by atoms with Gasteiger partial charge in [-0.05, 0) is 41.5 Å². The van der Waals surface area contributed by atoms with Crippen LogP contribution in [0.5, 0.6) is 0 Å². The maximum atomic E-state index is 2.27. The molecule has 0 saturated heterocycles. The zero-order valence-electron chi connectivity index (χ0n) is 9.89. The lowest BCUT2D eigenvalue weighted by atomic mass is 9.97. The van der Waals surface area contributed by atoms with Gasteiger partial charge in [-0.25, -0.2) is 0 Å². The number of aryl methyl sites for hydroxylation is 2. The zero-order valence-corrected chi connectivity index (χ0v) is 9.89. The third-order valence-corrected chi connectivity index (χ3v) is 3.45. The average Bonchev–Trinajstić information content (AvgIpc) is 2.86. The molecule has 17 heavy (non-hydrogen) atoms. The fourth-order valence-electron chi connectivity index (χ4n) is 2.52. The van der Waals surface area contributed by atoms with Gasteiger partial charge in [-0.1, -0.05) is 60.7 Å². The summed E-state index contributed by atoms with van der Waals surface area (Å²) in [5, 5.41) is 0. The van der Waals surface area contributed by atoms with Crippen molar-refractivity contribution in [3.8, 4) is 0 Å². The molecule has 3 rings (SSSR count). The van der Waals surface area contributed by atoms with E-state index < -0.39 is 0 Å². The summed E-state index contributed by atoms with van der Waals surface area (Å²) in [6, 6.07) is 17.4. The van der Waals surface area contributed by atoms with Crippen LogP contribution in [0.1, 0.15) is 22.3 Å². The number of benzene rings is 2. The molecule has 0 bridgehead atoms. The Morgan fingerprint density at radius 3 is 2.59 bits per heavy atom. The molecule has 0 aliphatic heterocycles. The summed E-state index contributed by atoms with van der Waals surface area (Å²) in [5.74, 6) is 0. The molecule has 0 spiro atoms. The van der Waals surface area contributed by atoms with Crippen LogP contribution in [-0.4, -0.2) is 0 Å². The number of hydrogen-bond acceptors (Lipinski definition) is 0. The lowest BCUT2D eigenvalue weighted by Crippen LogP contribution is -1.96. The SMILES string of the molecule is C1=Cc2cccc(CCc3ccccc3)c2C1. The summed E-state index contributed by atoms with van der Waals surface area (Å²) >= 11 is 0. The molecule has 0 radical (unpaired) electrons. The Labute approximate surface area is 103 Å². The molecule has 0 unspecified atom stereocenters. The van der Waals surface area contributed by atoms with Crippen molar-refractivity contribution in [1.29, 1.82) is 0 Å². The molecule has 0 saturated carbocycles. The van der Waals surface area contributed by atoms with E-state index in [0.29, 0.717) is 0 Å². The highest BCUT2D eigenvalue weighted by Gasteiger charge is 2.09. The molecule has 1 aliphatic carbocycles. The van der Waals surface area contributed by atoms with Crippen molar-refractivity contribution in [3.63, 3.8) is 0 Å².